The number of hydrogen-bond donors (Lipinski definition) is 2. The molecule has 0 aromatic rings. The molecule has 0 heterocycles. The lowest BCUT2D eigenvalue weighted by Gasteiger charge is -2.19. The van der Waals surface area contributed by atoms with Gasteiger partial charge in [0.25, 0.3) is 0 Å². The highest BCUT2D eigenvalue weighted by Gasteiger charge is 2.08. The van der Waals surface area contributed by atoms with E-state index < -0.39 is 0 Å². The fourth-order valence-electron chi connectivity index (χ4n) is 1.27. The number of nitrogens with one attached hydrogen (secondary N) is 1. The van der Waals surface area contributed by atoms with Crippen molar-refractivity contribution in [3.8, 4) is 0 Å². The molecule has 13 heavy (non-hydrogen) atoms. The molecule has 0 amide bonds. The summed E-state index contributed by atoms with van der Waals surface area (Å²) in [6.07, 6.45) is 3.45. The van der Waals surface area contributed by atoms with E-state index in [0.29, 0.717) is 11.5 Å². The Morgan fingerprint density at radius 3 is 2.31 bits per heavy atom. The normalized spacial score (nSPS) is 14.5. The average molecular weight is 186 g/mol. The first kappa shape index (κ1) is 12.9. The van der Waals surface area contributed by atoms with Gasteiger partial charge in [0, 0.05) is 6.04 Å². The van der Waals surface area contributed by atoms with Crippen LogP contribution in [0.2, 0.25) is 0 Å². The van der Waals surface area contributed by atoms with Gasteiger partial charge in [-0.3, -0.25) is 0 Å². The zero-order valence-corrected chi connectivity index (χ0v) is 9.69. The van der Waals surface area contributed by atoms with Crippen molar-refractivity contribution in [2.75, 3.05) is 13.1 Å². The molecule has 0 rings (SSSR count). The van der Waals surface area contributed by atoms with Crippen molar-refractivity contribution in [3.05, 3.63) is 0 Å². The molecule has 0 aliphatic heterocycles. The van der Waals surface area contributed by atoms with Crippen LogP contribution in [-0.4, -0.2) is 19.1 Å². The molecule has 2 nitrogen and oxygen atoms in total. The van der Waals surface area contributed by atoms with Crippen molar-refractivity contribution in [2.24, 2.45) is 11.1 Å². The molecule has 80 valence electrons. The molecule has 1 unspecified atom stereocenters. The standard InChI is InChI=1S/C11H26N2/c1-5-6-10(12)7-8-13-9-11(2,3)4/h10,13H,5-9,12H2,1-4H3. The summed E-state index contributed by atoms with van der Waals surface area (Å²) in [4.78, 5) is 0. The third-order valence-electron chi connectivity index (χ3n) is 2.01. The van der Waals surface area contributed by atoms with Gasteiger partial charge in [0.05, 0.1) is 0 Å². The van der Waals surface area contributed by atoms with E-state index in [1.807, 2.05) is 0 Å². The van der Waals surface area contributed by atoms with Crippen LogP contribution in [0.5, 0.6) is 0 Å². The highest BCUT2D eigenvalue weighted by atomic mass is 14.9. The molecule has 0 aromatic heterocycles. The summed E-state index contributed by atoms with van der Waals surface area (Å²) in [5.74, 6) is 0. The summed E-state index contributed by atoms with van der Waals surface area (Å²) >= 11 is 0. The highest BCUT2D eigenvalue weighted by Crippen LogP contribution is 2.10. The van der Waals surface area contributed by atoms with Crippen LogP contribution >= 0.6 is 0 Å². The zero-order valence-electron chi connectivity index (χ0n) is 9.69. The predicted octanol–water partition coefficient (Wildman–Crippen LogP) is 2.14. The molecular weight excluding hydrogens is 160 g/mol. The second-order valence-electron chi connectivity index (χ2n) is 5.07. The molecule has 0 aliphatic rings. The molecule has 0 saturated carbocycles. The Bertz CT molecular complexity index is 116. The van der Waals surface area contributed by atoms with Crippen molar-refractivity contribution in [2.45, 2.75) is 53.0 Å². The van der Waals surface area contributed by atoms with Crippen LogP contribution in [0.1, 0.15) is 47.0 Å². The van der Waals surface area contributed by atoms with Crippen LogP contribution in [0.15, 0.2) is 0 Å². The lowest BCUT2D eigenvalue weighted by molar-refractivity contribution is 0.373. The Morgan fingerprint density at radius 2 is 1.85 bits per heavy atom. The van der Waals surface area contributed by atoms with Gasteiger partial charge in [-0.1, -0.05) is 34.1 Å². The van der Waals surface area contributed by atoms with Crippen LogP contribution < -0.4 is 11.1 Å². The molecule has 1 atom stereocenters. The van der Waals surface area contributed by atoms with E-state index in [-0.39, 0.29) is 0 Å². The minimum atomic E-state index is 0.384. The summed E-state index contributed by atoms with van der Waals surface area (Å²) in [6.45, 7) is 11.0. The number of nitrogens with two attached hydrogens (primary N) is 1. The summed E-state index contributed by atoms with van der Waals surface area (Å²) in [5.41, 5.74) is 6.28. The molecule has 0 fully saturated rings. The Balaban J connectivity index is 3.25. The van der Waals surface area contributed by atoms with Crippen LogP contribution in [0, 0.1) is 5.41 Å². The van der Waals surface area contributed by atoms with Gasteiger partial charge in [0.1, 0.15) is 0 Å². The fraction of sp³-hybridized carbons (Fsp3) is 1.00. The van der Waals surface area contributed by atoms with Gasteiger partial charge in [-0.15, -0.1) is 0 Å². The van der Waals surface area contributed by atoms with E-state index in [1.54, 1.807) is 0 Å². The van der Waals surface area contributed by atoms with Crippen molar-refractivity contribution >= 4 is 0 Å². The SMILES string of the molecule is CCCC(N)CCNCC(C)(C)C. The first-order valence-electron chi connectivity index (χ1n) is 5.42. The minimum absolute atomic E-state index is 0.384. The van der Waals surface area contributed by atoms with Gasteiger partial charge >= 0.3 is 0 Å². The van der Waals surface area contributed by atoms with Gasteiger partial charge in [-0.25, -0.2) is 0 Å². The fourth-order valence-corrected chi connectivity index (χ4v) is 1.27. The molecular formula is C11H26N2. The molecule has 2 heteroatoms. The second-order valence-corrected chi connectivity index (χ2v) is 5.07. The van der Waals surface area contributed by atoms with E-state index in [4.69, 9.17) is 5.73 Å². The second kappa shape index (κ2) is 6.39. The first-order chi connectivity index (χ1) is 5.95. The Morgan fingerprint density at radius 1 is 1.23 bits per heavy atom. The lowest BCUT2D eigenvalue weighted by Crippen LogP contribution is -2.31. The number of hydrogen-bond acceptors (Lipinski definition) is 2. The van der Waals surface area contributed by atoms with E-state index in [2.05, 4.69) is 33.0 Å². The molecule has 0 radical (unpaired) electrons. The quantitative estimate of drug-likeness (QED) is 0.624. The average Bonchev–Trinajstić information content (AvgIpc) is 1.97. The maximum absolute atomic E-state index is 5.89. The van der Waals surface area contributed by atoms with E-state index >= 15 is 0 Å². The van der Waals surface area contributed by atoms with Crippen molar-refractivity contribution in [3.63, 3.8) is 0 Å². The van der Waals surface area contributed by atoms with Crippen molar-refractivity contribution in [1.82, 2.24) is 5.32 Å². The number of rotatable bonds is 6. The predicted molar refractivity (Wildman–Crippen MR) is 59.8 cm³/mol. The Labute approximate surface area is 83.3 Å². The maximum Gasteiger partial charge on any atom is 0.00508 e. The van der Waals surface area contributed by atoms with Crippen LogP contribution in [-0.2, 0) is 0 Å². The van der Waals surface area contributed by atoms with Gasteiger partial charge in [0.15, 0.2) is 0 Å². The van der Waals surface area contributed by atoms with Crippen LogP contribution in [0.3, 0.4) is 0 Å². The summed E-state index contributed by atoms with van der Waals surface area (Å²) < 4.78 is 0. The lowest BCUT2D eigenvalue weighted by atomic mass is 9.97. The molecule has 0 saturated heterocycles. The van der Waals surface area contributed by atoms with E-state index in [1.165, 1.54) is 6.42 Å². The van der Waals surface area contributed by atoms with E-state index in [9.17, 15) is 0 Å². The van der Waals surface area contributed by atoms with Gasteiger partial charge in [-0.2, -0.15) is 0 Å². The van der Waals surface area contributed by atoms with Crippen LogP contribution in [0.4, 0.5) is 0 Å². The first-order valence-corrected chi connectivity index (χ1v) is 5.42. The topological polar surface area (TPSA) is 38.0 Å². The third-order valence-corrected chi connectivity index (χ3v) is 2.01. The smallest absolute Gasteiger partial charge is 0.00508 e. The zero-order chi connectivity index (χ0) is 10.3. The third kappa shape index (κ3) is 9.84. The van der Waals surface area contributed by atoms with E-state index in [0.717, 1.165) is 25.9 Å². The van der Waals surface area contributed by atoms with Crippen molar-refractivity contribution < 1.29 is 0 Å². The summed E-state index contributed by atoms with van der Waals surface area (Å²) in [7, 11) is 0. The largest absolute Gasteiger partial charge is 0.328 e. The molecule has 0 bridgehead atoms. The van der Waals surface area contributed by atoms with Crippen LogP contribution in [0.25, 0.3) is 0 Å². The van der Waals surface area contributed by atoms with Gasteiger partial charge < -0.3 is 11.1 Å². The minimum Gasteiger partial charge on any atom is -0.328 e. The Kier molecular flexibility index (Phi) is 6.35. The highest BCUT2D eigenvalue weighted by molar-refractivity contribution is 4.67. The maximum atomic E-state index is 5.89. The van der Waals surface area contributed by atoms with Gasteiger partial charge in [0.2, 0.25) is 0 Å². The molecule has 0 spiro atoms. The summed E-state index contributed by atoms with van der Waals surface area (Å²) in [5, 5.41) is 3.43. The Hall–Kier alpha value is -0.0800. The van der Waals surface area contributed by atoms with Gasteiger partial charge in [-0.05, 0) is 31.3 Å². The summed E-state index contributed by atoms with van der Waals surface area (Å²) in [6, 6.07) is 0.387. The molecule has 3 N–H and O–H groups in total. The molecule has 0 aromatic carbocycles. The monoisotopic (exact) mass is 186 g/mol. The van der Waals surface area contributed by atoms with Crippen molar-refractivity contribution in [1.29, 1.82) is 0 Å². The molecule has 0 aliphatic carbocycles.